The maximum absolute atomic E-state index is 11.5. The third kappa shape index (κ3) is 3.53. The first-order valence-electron chi connectivity index (χ1n) is 6.58. The molecule has 1 aliphatic heterocycles. The molecule has 4 nitrogen and oxygen atoms in total. The summed E-state index contributed by atoms with van der Waals surface area (Å²) in [6.07, 6.45) is 2.43. The summed E-state index contributed by atoms with van der Waals surface area (Å²) in [7, 11) is 0. The molecule has 1 aliphatic rings. The van der Waals surface area contributed by atoms with Gasteiger partial charge in [-0.3, -0.25) is 9.78 Å². The predicted octanol–water partition coefficient (Wildman–Crippen LogP) is 1.40. The number of pyridine rings is 1. The summed E-state index contributed by atoms with van der Waals surface area (Å²) in [6, 6.07) is 6.28. The molecule has 1 fully saturated rings. The van der Waals surface area contributed by atoms with Crippen LogP contribution in [-0.2, 0) is 4.79 Å². The van der Waals surface area contributed by atoms with E-state index in [1.807, 2.05) is 32.2 Å². The van der Waals surface area contributed by atoms with Gasteiger partial charge in [0.25, 0.3) is 0 Å². The second-order valence-electron chi connectivity index (χ2n) is 5.18. The highest BCUT2D eigenvalue weighted by Gasteiger charge is 2.28. The van der Waals surface area contributed by atoms with Crippen molar-refractivity contribution in [2.75, 3.05) is 19.6 Å². The molecule has 98 valence electrons. The summed E-state index contributed by atoms with van der Waals surface area (Å²) in [4.78, 5) is 18.2. The van der Waals surface area contributed by atoms with Gasteiger partial charge in [0.05, 0.1) is 0 Å². The molecule has 0 aromatic carbocycles. The predicted molar refractivity (Wildman–Crippen MR) is 71.3 cm³/mol. The topological polar surface area (TPSA) is 45.2 Å². The van der Waals surface area contributed by atoms with Crippen LogP contribution in [0.25, 0.3) is 0 Å². The average molecular weight is 247 g/mol. The van der Waals surface area contributed by atoms with Crippen LogP contribution in [0.1, 0.15) is 31.9 Å². The molecule has 0 bridgehead atoms. The fraction of sp³-hybridized carbons (Fsp3) is 0.571. The van der Waals surface area contributed by atoms with E-state index in [1.54, 1.807) is 0 Å². The lowest BCUT2D eigenvalue weighted by Gasteiger charge is -2.38. The number of rotatable bonds is 5. The molecule has 1 saturated heterocycles. The zero-order valence-corrected chi connectivity index (χ0v) is 11.1. The van der Waals surface area contributed by atoms with Crippen LogP contribution in [0.4, 0.5) is 0 Å². The van der Waals surface area contributed by atoms with Crippen LogP contribution in [0.5, 0.6) is 0 Å². The first-order valence-corrected chi connectivity index (χ1v) is 6.58. The van der Waals surface area contributed by atoms with Crippen molar-refractivity contribution >= 4 is 5.91 Å². The van der Waals surface area contributed by atoms with Gasteiger partial charge in [0.2, 0.25) is 5.91 Å². The minimum atomic E-state index is 0.145. The fourth-order valence-electron chi connectivity index (χ4n) is 2.21. The molecule has 0 atom stereocenters. The summed E-state index contributed by atoms with van der Waals surface area (Å²) < 4.78 is 0. The zero-order valence-electron chi connectivity index (χ0n) is 11.1. The lowest BCUT2D eigenvalue weighted by Crippen LogP contribution is -2.46. The summed E-state index contributed by atoms with van der Waals surface area (Å²) in [5.41, 5.74) is 1.17. The highest BCUT2D eigenvalue weighted by molar-refractivity contribution is 5.76. The Bertz CT molecular complexity index is 385. The zero-order chi connectivity index (χ0) is 13.0. The van der Waals surface area contributed by atoms with Gasteiger partial charge in [-0.15, -0.1) is 0 Å². The van der Waals surface area contributed by atoms with Gasteiger partial charge in [0, 0.05) is 49.9 Å². The third-order valence-electron chi connectivity index (χ3n) is 3.17. The van der Waals surface area contributed by atoms with Gasteiger partial charge in [-0.25, -0.2) is 0 Å². The number of carbonyl (C=O) groups is 1. The molecule has 2 rings (SSSR count). The Morgan fingerprint density at radius 3 is 2.89 bits per heavy atom. The fourth-order valence-corrected chi connectivity index (χ4v) is 2.21. The van der Waals surface area contributed by atoms with Crippen LogP contribution in [0, 0.1) is 0 Å². The van der Waals surface area contributed by atoms with Crippen LogP contribution in [0.2, 0.25) is 0 Å². The van der Waals surface area contributed by atoms with Gasteiger partial charge < -0.3 is 10.2 Å². The van der Waals surface area contributed by atoms with E-state index < -0.39 is 0 Å². The third-order valence-corrected chi connectivity index (χ3v) is 3.17. The van der Waals surface area contributed by atoms with E-state index in [0.29, 0.717) is 12.3 Å². The second kappa shape index (κ2) is 5.96. The van der Waals surface area contributed by atoms with E-state index in [-0.39, 0.29) is 11.9 Å². The summed E-state index contributed by atoms with van der Waals surface area (Å²) >= 11 is 0. The lowest BCUT2D eigenvalue weighted by atomic mass is 9.95. The van der Waals surface area contributed by atoms with Crippen molar-refractivity contribution < 1.29 is 4.79 Å². The maximum atomic E-state index is 11.5. The van der Waals surface area contributed by atoms with E-state index in [4.69, 9.17) is 0 Å². The molecule has 0 unspecified atom stereocenters. The SMILES string of the molecule is CC(C)NC(=O)CCN1CC(c2ccccn2)C1. The van der Waals surface area contributed by atoms with Crippen LogP contribution in [0.15, 0.2) is 24.4 Å². The Morgan fingerprint density at radius 2 is 2.28 bits per heavy atom. The van der Waals surface area contributed by atoms with Crippen LogP contribution >= 0.6 is 0 Å². The largest absolute Gasteiger partial charge is 0.354 e. The van der Waals surface area contributed by atoms with Gasteiger partial charge in [0.1, 0.15) is 0 Å². The molecule has 0 spiro atoms. The lowest BCUT2D eigenvalue weighted by molar-refractivity contribution is -0.122. The molecule has 4 heteroatoms. The number of nitrogens with one attached hydrogen (secondary N) is 1. The van der Waals surface area contributed by atoms with Gasteiger partial charge in [-0.1, -0.05) is 6.07 Å². The Kier molecular flexibility index (Phi) is 4.31. The number of hydrogen-bond donors (Lipinski definition) is 1. The molecule has 0 aliphatic carbocycles. The molecular formula is C14H21N3O. The van der Waals surface area contributed by atoms with Crippen molar-refractivity contribution in [1.29, 1.82) is 0 Å². The van der Waals surface area contributed by atoms with E-state index in [0.717, 1.165) is 19.6 Å². The summed E-state index contributed by atoms with van der Waals surface area (Å²) in [6.45, 7) is 6.86. The van der Waals surface area contributed by atoms with Gasteiger partial charge in [-0.05, 0) is 26.0 Å². The highest BCUT2D eigenvalue weighted by Crippen LogP contribution is 2.24. The Labute approximate surface area is 108 Å². The van der Waals surface area contributed by atoms with Gasteiger partial charge >= 0.3 is 0 Å². The van der Waals surface area contributed by atoms with Crippen molar-refractivity contribution in [3.05, 3.63) is 30.1 Å². The quantitative estimate of drug-likeness (QED) is 0.855. The number of aromatic nitrogens is 1. The molecule has 1 amide bonds. The summed E-state index contributed by atoms with van der Waals surface area (Å²) in [5.74, 6) is 0.686. The van der Waals surface area contributed by atoms with Crippen molar-refractivity contribution in [3.8, 4) is 0 Å². The first kappa shape index (κ1) is 13.0. The number of nitrogens with zero attached hydrogens (tertiary/aromatic N) is 2. The molecular weight excluding hydrogens is 226 g/mol. The normalized spacial score (nSPS) is 16.6. The molecule has 1 N–H and O–H groups in total. The van der Waals surface area contributed by atoms with Crippen LogP contribution in [0.3, 0.4) is 0 Å². The molecule has 2 heterocycles. The molecule has 1 aromatic rings. The van der Waals surface area contributed by atoms with Gasteiger partial charge in [0.15, 0.2) is 0 Å². The first-order chi connectivity index (χ1) is 8.65. The smallest absolute Gasteiger partial charge is 0.221 e. The van der Waals surface area contributed by atoms with Crippen molar-refractivity contribution in [2.24, 2.45) is 0 Å². The van der Waals surface area contributed by atoms with E-state index >= 15 is 0 Å². The van der Waals surface area contributed by atoms with Crippen molar-refractivity contribution in [3.63, 3.8) is 0 Å². The monoisotopic (exact) mass is 247 g/mol. The average Bonchev–Trinajstić information content (AvgIpc) is 2.27. The Hall–Kier alpha value is -1.42. The molecule has 0 radical (unpaired) electrons. The van der Waals surface area contributed by atoms with E-state index in [9.17, 15) is 4.79 Å². The van der Waals surface area contributed by atoms with E-state index in [2.05, 4.69) is 21.3 Å². The number of likely N-dealkylation sites (tertiary alicyclic amines) is 1. The number of hydrogen-bond acceptors (Lipinski definition) is 3. The standard InChI is InChI=1S/C14H21N3O/c1-11(2)16-14(18)6-8-17-9-12(10-17)13-5-3-4-7-15-13/h3-5,7,11-12H,6,8-10H2,1-2H3,(H,16,18). The Morgan fingerprint density at radius 1 is 1.50 bits per heavy atom. The van der Waals surface area contributed by atoms with E-state index in [1.165, 1.54) is 5.69 Å². The minimum Gasteiger partial charge on any atom is -0.354 e. The van der Waals surface area contributed by atoms with Crippen LogP contribution in [-0.4, -0.2) is 41.5 Å². The number of carbonyl (C=O) groups excluding carboxylic acids is 1. The Balaban J connectivity index is 1.66. The van der Waals surface area contributed by atoms with Crippen molar-refractivity contribution in [2.45, 2.75) is 32.2 Å². The molecule has 18 heavy (non-hydrogen) atoms. The van der Waals surface area contributed by atoms with Gasteiger partial charge in [-0.2, -0.15) is 0 Å². The second-order valence-corrected chi connectivity index (χ2v) is 5.18. The highest BCUT2D eigenvalue weighted by atomic mass is 16.1. The van der Waals surface area contributed by atoms with Crippen molar-refractivity contribution in [1.82, 2.24) is 15.2 Å². The summed E-state index contributed by atoms with van der Waals surface area (Å²) in [5, 5.41) is 2.91. The van der Waals surface area contributed by atoms with Crippen LogP contribution < -0.4 is 5.32 Å². The molecule has 0 saturated carbocycles. The molecule has 1 aromatic heterocycles. The maximum Gasteiger partial charge on any atom is 0.221 e. The minimum absolute atomic E-state index is 0.145. The number of amides is 1.